The van der Waals surface area contributed by atoms with Crippen LogP contribution in [-0.2, 0) is 27.2 Å². The van der Waals surface area contributed by atoms with Crippen LogP contribution in [0.25, 0.3) is 12.2 Å². The van der Waals surface area contributed by atoms with E-state index in [1.807, 2.05) is 38.1 Å². The van der Waals surface area contributed by atoms with Crippen LogP contribution in [0.4, 0.5) is 4.79 Å². The van der Waals surface area contributed by atoms with Crippen molar-refractivity contribution in [2.45, 2.75) is 84.0 Å². The Labute approximate surface area is 263 Å². The summed E-state index contributed by atoms with van der Waals surface area (Å²) < 4.78 is 29.8. The summed E-state index contributed by atoms with van der Waals surface area (Å²) >= 11 is 5.53. The molecule has 44 heavy (non-hydrogen) atoms. The van der Waals surface area contributed by atoms with Gasteiger partial charge in [-0.1, -0.05) is 26.0 Å². The van der Waals surface area contributed by atoms with E-state index in [4.69, 9.17) is 35.3 Å². The zero-order valence-electron chi connectivity index (χ0n) is 26.1. The molecule has 3 aliphatic rings. The summed E-state index contributed by atoms with van der Waals surface area (Å²) in [5.41, 5.74) is 2.33. The van der Waals surface area contributed by atoms with E-state index in [2.05, 4.69) is 32.2 Å². The summed E-state index contributed by atoms with van der Waals surface area (Å²) in [6.45, 7) is 11.0. The minimum Gasteiger partial charge on any atom is -0.493 e. The van der Waals surface area contributed by atoms with Crippen molar-refractivity contribution in [2.75, 3.05) is 13.0 Å². The number of imide groups is 1. The fourth-order valence-corrected chi connectivity index (χ4v) is 7.01. The van der Waals surface area contributed by atoms with Crippen molar-refractivity contribution >= 4 is 42.2 Å². The van der Waals surface area contributed by atoms with Crippen LogP contribution in [0.1, 0.15) is 76.1 Å². The second-order valence-electron chi connectivity index (χ2n) is 13.2. The van der Waals surface area contributed by atoms with Crippen LogP contribution >= 0.6 is 11.6 Å². The van der Waals surface area contributed by atoms with E-state index in [0.29, 0.717) is 30.1 Å². The molecular formula is C34H40ClNO8. The Balaban J connectivity index is 1.47. The average molecular weight is 626 g/mol. The van der Waals surface area contributed by atoms with Gasteiger partial charge in [-0.2, -0.15) is 0 Å². The second kappa shape index (κ2) is 12.0. The Hall–Kier alpha value is -3.72. The van der Waals surface area contributed by atoms with Crippen LogP contribution in [0, 0.1) is 11.3 Å². The van der Waals surface area contributed by atoms with Crippen molar-refractivity contribution in [1.82, 2.24) is 5.32 Å². The summed E-state index contributed by atoms with van der Waals surface area (Å²) in [4.78, 5) is 35.2. The van der Waals surface area contributed by atoms with E-state index < -0.39 is 17.6 Å². The molecule has 0 spiro atoms. The standard InChI is InChI=1S/C34H40ClNO8/c1-32(2)11-9-23-24(42-31(39)36-29(38)18-35)14-21(15-25(23)43-32)8-7-20-13-22-17-27-33(3,4)28(41-19-37)10-12-34(27,5)44-30(22)26(16-20)40-6/h7-8,13-16,19,27-28H,9-12,17-18H2,1-6H3,(H,36,38,39)/b8-7+/t27-,28-,34-/m1/s1. The third-order valence-corrected chi connectivity index (χ3v) is 9.55. The van der Waals surface area contributed by atoms with Crippen molar-refractivity contribution in [3.05, 3.63) is 46.5 Å². The van der Waals surface area contributed by atoms with Gasteiger partial charge in [-0.3, -0.25) is 14.9 Å². The molecule has 0 bridgehead atoms. The van der Waals surface area contributed by atoms with Gasteiger partial charge in [0.15, 0.2) is 11.5 Å². The number of carbonyl (C=O) groups excluding carboxylic acids is 3. The Kier molecular flexibility index (Phi) is 8.64. The Morgan fingerprint density at radius 3 is 2.41 bits per heavy atom. The summed E-state index contributed by atoms with van der Waals surface area (Å²) in [6.07, 6.45) is 6.41. The molecule has 0 radical (unpaired) electrons. The molecule has 2 aromatic carbocycles. The van der Waals surface area contributed by atoms with Crippen LogP contribution in [0.5, 0.6) is 23.0 Å². The summed E-state index contributed by atoms with van der Waals surface area (Å²) in [7, 11) is 1.63. The van der Waals surface area contributed by atoms with E-state index in [-0.39, 0.29) is 28.9 Å². The molecule has 1 aliphatic carbocycles. The number of carbonyl (C=O) groups is 3. The van der Waals surface area contributed by atoms with Gasteiger partial charge in [-0.25, -0.2) is 4.79 Å². The highest BCUT2D eigenvalue weighted by Gasteiger charge is 2.56. The molecule has 10 heteroatoms. The molecular weight excluding hydrogens is 586 g/mol. The molecule has 1 saturated carbocycles. The summed E-state index contributed by atoms with van der Waals surface area (Å²) in [5.74, 6) is 1.44. The minimum absolute atomic E-state index is 0.114. The highest BCUT2D eigenvalue weighted by atomic mass is 35.5. The zero-order valence-corrected chi connectivity index (χ0v) is 26.8. The number of hydrogen-bond acceptors (Lipinski definition) is 8. The minimum atomic E-state index is -0.901. The molecule has 3 atom stereocenters. The fourth-order valence-electron chi connectivity index (χ4n) is 6.94. The van der Waals surface area contributed by atoms with E-state index in [0.717, 1.165) is 53.7 Å². The first-order valence-electron chi connectivity index (χ1n) is 14.9. The Bertz CT molecular complexity index is 1500. The van der Waals surface area contributed by atoms with Crippen LogP contribution in [0.15, 0.2) is 24.3 Å². The van der Waals surface area contributed by atoms with Gasteiger partial charge in [-0.05, 0) is 93.8 Å². The maximum atomic E-state index is 12.4. The molecule has 236 valence electrons. The van der Waals surface area contributed by atoms with Gasteiger partial charge in [-0.15, -0.1) is 11.6 Å². The van der Waals surface area contributed by atoms with E-state index >= 15 is 0 Å². The van der Waals surface area contributed by atoms with Crippen molar-refractivity contribution < 1.29 is 38.1 Å². The predicted molar refractivity (Wildman–Crippen MR) is 166 cm³/mol. The molecule has 2 amide bonds. The van der Waals surface area contributed by atoms with Crippen LogP contribution in [-0.4, -0.2) is 48.8 Å². The highest BCUT2D eigenvalue weighted by molar-refractivity contribution is 6.28. The number of halogens is 1. The highest BCUT2D eigenvalue weighted by Crippen LogP contribution is 2.55. The van der Waals surface area contributed by atoms with Gasteiger partial charge in [0.05, 0.1) is 7.11 Å². The van der Waals surface area contributed by atoms with Gasteiger partial charge < -0.3 is 23.7 Å². The number of benzene rings is 2. The van der Waals surface area contributed by atoms with E-state index in [9.17, 15) is 14.4 Å². The molecule has 2 aromatic rings. The normalized spacial score (nSPS) is 24.4. The van der Waals surface area contributed by atoms with Gasteiger partial charge in [0.25, 0.3) is 6.47 Å². The number of nitrogens with one attached hydrogen (secondary N) is 1. The van der Waals surface area contributed by atoms with Crippen LogP contribution in [0.2, 0.25) is 0 Å². The molecule has 5 rings (SSSR count). The Morgan fingerprint density at radius 2 is 1.73 bits per heavy atom. The van der Waals surface area contributed by atoms with E-state index in [1.165, 1.54) is 0 Å². The molecule has 0 aromatic heterocycles. The first-order chi connectivity index (χ1) is 20.8. The van der Waals surface area contributed by atoms with Crippen molar-refractivity contribution in [1.29, 1.82) is 0 Å². The van der Waals surface area contributed by atoms with Gasteiger partial charge in [0.1, 0.15) is 34.7 Å². The first-order valence-corrected chi connectivity index (χ1v) is 15.4. The molecule has 9 nitrogen and oxygen atoms in total. The van der Waals surface area contributed by atoms with Gasteiger partial charge in [0, 0.05) is 16.9 Å². The number of rotatable bonds is 7. The largest absolute Gasteiger partial charge is 0.493 e. The molecule has 0 saturated heterocycles. The predicted octanol–water partition coefficient (Wildman–Crippen LogP) is 6.49. The van der Waals surface area contributed by atoms with Gasteiger partial charge in [0.2, 0.25) is 5.91 Å². The number of methoxy groups -OCH3 is 1. The quantitative estimate of drug-likeness (QED) is 0.211. The maximum Gasteiger partial charge on any atom is 0.419 e. The number of fused-ring (bicyclic) bond motifs is 3. The number of alkyl halides is 1. The lowest BCUT2D eigenvalue weighted by Crippen LogP contribution is -2.59. The number of hydrogen-bond donors (Lipinski definition) is 1. The molecule has 2 aliphatic heterocycles. The first kappa shape index (κ1) is 31.7. The fraction of sp³-hybridized carbons (Fsp3) is 0.500. The van der Waals surface area contributed by atoms with Gasteiger partial charge >= 0.3 is 6.09 Å². The summed E-state index contributed by atoms with van der Waals surface area (Å²) in [6, 6.07) is 7.70. The van der Waals surface area contributed by atoms with E-state index in [1.54, 1.807) is 13.2 Å². The average Bonchev–Trinajstić information content (AvgIpc) is 2.96. The second-order valence-corrected chi connectivity index (χ2v) is 13.5. The molecule has 1 fully saturated rings. The third-order valence-electron chi connectivity index (χ3n) is 9.31. The van der Waals surface area contributed by atoms with Crippen molar-refractivity contribution in [3.63, 3.8) is 0 Å². The monoisotopic (exact) mass is 625 g/mol. The number of ether oxygens (including phenoxy) is 5. The maximum absolute atomic E-state index is 12.4. The third kappa shape index (κ3) is 6.25. The molecule has 1 N–H and O–H groups in total. The molecule has 0 unspecified atom stereocenters. The number of amides is 2. The smallest absolute Gasteiger partial charge is 0.419 e. The lowest BCUT2D eigenvalue weighted by molar-refractivity contribution is -0.167. The van der Waals surface area contributed by atoms with Crippen molar-refractivity contribution in [2.24, 2.45) is 11.3 Å². The van der Waals surface area contributed by atoms with Crippen molar-refractivity contribution in [3.8, 4) is 23.0 Å². The topological polar surface area (TPSA) is 109 Å². The lowest BCUT2D eigenvalue weighted by Gasteiger charge is -2.55. The van der Waals surface area contributed by atoms with Crippen LogP contribution in [0.3, 0.4) is 0 Å². The molecule has 2 heterocycles. The Morgan fingerprint density at radius 1 is 1.02 bits per heavy atom. The SMILES string of the molecule is COc1cc(/C=C/c2cc(OC(=O)NC(=O)CCl)c3c(c2)OC(C)(C)CC3)cc2c1O[C@]1(C)CC[C@@H](OC=O)C(C)(C)[C@H]1C2. The lowest BCUT2D eigenvalue weighted by atomic mass is 9.57. The zero-order chi connectivity index (χ0) is 31.9. The van der Waals surface area contributed by atoms with Crippen LogP contribution < -0.4 is 24.3 Å². The summed E-state index contributed by atoms with van der Waals surface area (Å²) in [5, 5.41) is 2.12.